The van der Waals surface area contributed by atoms with Gasteiger partial charge in [-0.3, -0.25) is 4.79 Å². The molecular formula is C12H22N2O3S. The lowest BCUT2D eigenvalue weighted by molar-refractivity contribution is -0.146. The molecule has 0 radical (unpaired) electrons. The molecule has 5 nitrogen and oxygen atoms in total. The summed E-state index contributed by atoms with van der Waals surface area (Å²) in [7, 11) is 0. The average Bonchev–Trinajstić information content (AvgIpc) is 2.36. The SMILES string of the molecule is CSC1CCN(C(=O)NCC(C)(C)C(=O)O)CC1. The Kier molecular flexibility index (Phi) is 5.31. The number of thioether (sulfide) groups is 1. The molecule has 104 valence electrons. The number of rotatable bonds is 4. The summed E-state index contributed by atoms with van der Waals surface area (Å²) in [6.45, 7) is 4.88. The fourth-order valence-corrected chi connectivity index (χ4v) is 2.46. The van der Waals surface area contributed by atoms with Crippen LogP contribution in [0.15, 0.2) is 0 Å². The third kappa shape index (κ3) is 4.08. The second kappa shape index (κ2) is 6.31. The van der Waals surface area contributed by atoms with Gasteiger partial charge in [0.05, 0.1) is 5.41 Å². The van der Waals surface area contributed by atoms with Crippen molar-refractivity contribution in [2.75, 3.05) is 25.9 Å². The minimum Gasteiger partial charge on any atom is -0.481 e. The standard InChI is InChI=1S/C12H22N2O3S/c1-12(2,10(15)16)8-13-11(17)14-6-4-9(18-3)5-7-14/h9H,4-8H2,1-3H3,(H,13,17)(H,15,16). The zero-order valence-corrected chi connectivity index (χ0v) is 12.0. The molecule has 0 aromatic rings. The molecule has 0 aromatic heterocycles. The third-order valence-corrected chi connectivity index (χ3v) is 4.46. The van der Waals surface area contributed by atoms with Crippen molar-refractivity contribution in [2.45, 2.75) is 31.9 Å². The first-order valence-electron chi connectivity index (χ1n) is 6.16. The highest BCUT2D eigenvalue weighted by Crippen LogP contribution is 2.21. The van der Waals surface area contributed by atoms with Crippen LogP contribution < -0.4 is 5.32 Å². The van der Waals surface area contributed by atoms with Gasteiger partial charge >= 0.3 is 12.0 Å². The van der Waals surface area contributed by atoms with E-state index in [1.54, 1.807) is 18.7 Å². The van der Waals surface area contributed by atoms with E-state index in [4.69, 9.17) is 5.11 Å². The Morgan fingerprint density at radius 1 is 1.39 bits per heavy atom. The van der Waals surface area contributed by atoms with Gasteiger partial charge in [0.1, 0.15) is 0 Å². The molecule has 2 amide bonds. The summed E-state index contributed by atoms with van der Waals surface area (Å²) in [6, 6.07) is -0.149. The van der Waals surface area contributed by atoms with E-state index in [0.29, 0.717) is 5.25 Å². The summed E-state index contributed by atoms with van der Waals surface area (Å²) in [6.07, 6.45) is 4.11. The van der Waals surface area contributed by atoms with Gasteiger partial charge in [0.25, 0.3) is 0 Å². The van der Waals surface area contributed by atoms with Crippen LogP contribution in [-0.4, -0.2) is 53.1 Å². The monoisotopic (exact) mass is 274 g/mol. The molecule has 0 aromatic carbocycles. The van der Waals surface area contributed by atoms with Gasteiger partial charge < -0.3 is 15.3 Å². The van der Waals surface area contributed by atoms with Crippen molar-refractivity contribution >= 4 is 23.8 Å². The van der Waals surface area contributed by atoms with E-state index in [1.807, 2.05) is 11.8 Å². The van der Waals surface area contributed by atoms with Crippen LogP contribution >= 0.6 is 11.8 Å². The summed E-state index contributed by atoms with van der Waals surface area (Å²) >= 11 is 1.84. The number of carbonyl (C=O) groups excluding carboxylic acids is 1. The normalized spacial score (nSPS) is 17.6. The molecule has 0 atom stereocenters. The second-order valence-electron chi connectivity index (χ2n) is 5.27. The molecular weight excluding hydrogens is 252 g/mol. The lowest BCUT2D eigenvalue weighted by Crippen LogP contribution is -2.48. The van der Waals surface area contributed by atoms with Gasteiger partial charge in [-0.25, -0.2) is 4.79 Å². The maximum Gasteiger partial charge on any atom is 0.317 e. The molecule has 0 bridgehead atoms. The third-order valence-electron chi connectivity index (χ3n) is 3.32. The maximum atomic E-state index is 11.9. The van der Waals surface area contributed by atoms with Gasteiger partial charge in [-0.15, -0.1) is 0 Å². The highest BCUT2D eigenvalue weighted by molar-refractivity contribution is 7.99. The number of hydrogen-bond donors (Lipinski definition) is 2. The van der Waals surface area contributed by atoms with Gasteiger partial charge in [-0.05, 0) is 32.9 Å². The first kappa shape index (κ1) is 15.1. The molecule has 6 heteroatoms. The molecule has 0 saturated carbocycles. The van der Waals surface area contributed by atoms with E-state index in [-0.39, 0.29) is 12.6 Å². The van der Waals surface area contributed by atoms with E-state index >= 15 is 0 Å². The molecule has 1 heterocycles. The highest BCUT2D eigenvalue weighted by atomic mass is 32.2. The minimum atomic E-state index is -0.923. The number of carboxylic acids is 1. The van der Waals surface area contributed by atoms with Crippen molar-refractivity contribution in [1.82, 2.24) is 10.2 Å². The highest BCUT2D eigenvalue weighted by Gasteiger charge is 2.29. The number of aliphatic carboxylic acids is 1. The van der Waals surface area contributed by atoms with Crippen molar-refractivity contribution in [1.29, 1.82) is 0 Å². The Labute approximate surface area is 112 Å². The van der Waals surface area contributed by atoms with Crippen molar-refractivity contribution < 1.29 is 14.7 Å². The summed E-state index contributed by atoms with van der Waals surface area (Å²) < 4.78 is 0. The molecule has 1 saturated heterocycles. The van der Waals surface area contributed by atoms with Gasteiger partial charge in [-0.2, -0.15) is 11.8 Å². The number of likely N-dealkylation sites (tertiary alicyclic amines) is 1. The Morgan fingerprint density at radius 3 is 2.39 bits per heavy atom. The summed E-state index contributed by atoms with van der Waals surface area (Å²) in [4.78, 5) is 24.6. The molecule has 0 aliphatic carbocycles. The zero-order valence-electron chi connectivity index (χ0n) is 11.2. The Morgan fingerprint density at radius 2 is 1.94 bits per heavy atom. The van der Waals surface area contributed by atoms with E-state index < -0.39 is 11.4 Å². The molecule has 1 rings (SSSR count). The summed E-state index contributed by atoms with van der Waals surface area (Å²) in [5, 5.41) is 12.3. The first-order chi connectivity index (χ1) is 8.36. The van der Waals surface area contributed by atoms with Crippen LogP contribution in [0.5, 0.6) is 0 Å². The quantitative estimate of drug-likeness (QED) is 0.817. The lowest BCUT2D eigenvalue weighted by atomic mass is 9.94. The predicted molar refractivity (Wildman–Crippen MR) is 72.9 cm³/mol. The van der Waals surface area contributed by atoms with E-state index in [0.717, 1.165) is 25.9 Å². The van der Waals surface area contributed by atoms with E-state index in [9.17, 15) is 9.59 Å². The number of carboxylic acid groups (broad SMARTS) is 1. The molecule has 1 aliphatic heterocycles. The molecule has 0 spiro atoms. The number of hydrogen-bond acceptors (Lipinski definition) is 3. The number of piperidine rings is 1. The van der Waals surface area contributed by atoms with Gasteiger partial charge in [0.2, 0.25) is 0 Å². The van der Waals surface area contributed by atoms with Gasteiger partial charge in [0.15, 0.2) is 0 Å². The number of nitrogens with one attached hydrogen (secondary N) is 1. The van der Waals surface area contributed by atoms with Crippen LogP contribution in [0.25, 0.3) is 0 Å². The predicted octanol–water partition coefficient (Wildman–Crippen LogP) is 1.63. The number of urea groups is 1. The number of nitrogens with zero attached hydrogens (tertiary/aromatic N) is 1. The average molecular weight is 274 g/mol. The van der Waals surface area contributed by atoms with Crippen molar-refractivity contribution in [3.8, 4) is 0 Å². The second-order valence-corrected chi connectivity index (χ2v) is 6.41. The van der Waals surface area contributed by atoms with Crippen LogP contribution in [0.2, 0.25) is 0 Å². The minimum absolute atomic E-state index is 0.149. The Hall–Kier alpha value is -0.910. The van der Waals surface area contributed by atoms with Crippen LogP contribution in [0, 0.1) is 5.41 Å². The topological polar surface area (TPSA) is 69.6 Å². The zero-order chi connectivity index (χ0) is 13.8. The molecule has 1 fully saturated rings. The van der Waals surface area contributed by atoms with Crippen molar-refractivity contribution in [3.63, 3.8) is 0 Å². The first-order valence-corrected chi connectivity index (χ1v) is 7.44. The van der Waals surface area contributed by atoms with Crippen LogP contribution in [0.3, 0.4) is 0 Å². The lowest BCUT2D eigenvalue weighted by Gasteiger charge is -2.32. The van der Waals surface area contributed by atoms with Crippen molar-refractivity contribution in [3.05, 3.63) is 0 Å². The number of amides is 2. The molecule has 0 unspecified atom stereocenters. The molecule has 1 aliphatic rings. The van der Waals surface area contributed by atoms with E-state index in [1.165, 1.54) is 0 Å². The van der Waals surface area contributed by atoms with E-state index in [2.05, 4.69) is 11.6 Å². The largest absolute Gasteiger partial charge is 0.481 e. The van der Waals surface area contributed by atoms with Crippen molar-refractivity contribution in [2.24, 2.45) is 5.41 Å². The fourth-order valence-electron chi connectivity index (χ4n) is 1.78. The Bertz CT molecular complexity index is 312. The Balaban J connectivity index is 2.36. The smallest absolute Gasteiger partial charge is 0.317 e. The molecule has 2 N–H and O–H groups in total. The van der Waals surface area contributed by atoms with Crippen LogP contribution in [0.1, 0.15) is 26.7 Å². The van der Waals surface area contributed by atoms with Crippen LogP contribution in [0.4, 0.5) is 4.79 Å². The van der Waals surface area contributed by atoms with Crippen LogP contribution in [-0.2, 0) is 4.79 Å². The summed E-state index contributed by atoms with van der Waals surface area (Å²) in [5.41, 5.74) is -0.923. The number of carbonyl (C=O) groups is 2. The fraction of sp³-hybridized carbons (Fsp3) is 0.833. The van der Waals surface area contributed by atoms with Gasteiger partial charge in [0, 0.05) is 24.9 Å². The van der Waals surface area contributed by atoms with Gasteiger partial charge in [-0.1, -0.05) is 0 Å². The summed E-state index contributed by atoms with van der Waals surface area (Å²) in [5.74, 6) is -0.899. The maximum absolute atomic E-state index is 11.9. The molecule has 18 heavy (non-hydrogen) atoms.